The molecule has 0 radical (unpaired) electrons. The molecule has 0 saturated carbocycles. The van der Waals surface area contributed by atoms with Crippen molar-refractivity contribution in [3.05, 3.63) is 39.8 Å². The summed E-state index contributed by atoms with van der Waals surface area (Å²) in [6.45, 7) is 3.41. The van der Waals surface area contributed by atoms with Gasteiger partial charge in [0.05, 0.1) is 18.7 Å². The Labute approximate surface area is 139 Å². The summed E-state index contributed by atoms with van der Waals surface area (Å²) in [4.78, 5) is 16.4. The fraction of sp³-hybridized carbons (Fsp3) is 0.375. The van der Waals surface area contributed by atoms with Gasteiger partial charge in [-0.3, -0.25) is 4.79 Å². The van der Waals surface area contributed by atoms with E-state index in [1.165, 1.54) is 11.3 Å². The molecule has 6 nitrogen and oxygen atoms in total. The molecule has 2 rings (SSSR count). The minimum Gasteiger partial charge on any atom is -0.493 e. The number of benzene rings is 1. The molecule has 0 atom stereocenters. The zero-order valence-electron chi connectivity index (χ0n) is 13.3. The number of ether oxygens (including phenoxy) is 2. The zero-order valence-corrected chi connectivity index (χ0v) is 14.1. The number of hydrogen-bond donors (Lipinski definition) is 2. The number of thiazole rings is 1. The molecule has 0 fully saturated rings. The lowest BCUT2D eigenvalue weighted by molar-refractivity contribution is 0.0946. The van der Waals surface area contributed by atoms with Crippen molar-refractivity contribution in [2.75, 3.05) is 20.3 Å². The second-order valence-corrected chi connectivity index (χ2v) is 5.71. The van der Waals surface area contributed by atoms with Crippen LogP contribution in [0.1, 0.15) is 28.0 Å². The number of carbonyl (C=O) groups is 1. The first-order valence-electron chi connectivity index (χ1n) is 7.40. The molecule has 124 valence electrons. The van der Waals surface area contributed by atoms with Crippen molar-refractivity contribution >= 4 is 17.2 Å². The SMILES string of the molecule is CCOc1ccc(CNC(=O)c2csc(CCN)n2)cc1OC. The predicted molar refractivity (Wildman–Crippen MR) is 90.2 cm³/mol. The van der Waals surface area contributed by atoms with Crippen molar-refractivity contribution < 1.29 is 14.3 Å². The second kappa shape index (κ2) is 8.50. The van der Waals surface area contributed by atoms with Crippen molar-refractivity contribution in [3.63, 3.8) is 0 Å². The Balaban J connectivity index is 1.97. The van der Waals surface area contributed by atoms with Crippen molar-refractivity contribution in [2.24, 2.45) is 5.73 Å². The van der Waals surface area contributed by atoms with Gasteiger partial charge in [-0.1, -0.05) is 6.07 Å². The molecular weight excluding hydrogens is 314 g/mol. The lowest BCUT2D eigenvalue weighted by Crippen LogP contribution is -2.23. The third-order valence-corrected chi connectivity index (χ3v) is 4.03. The maximum atomic E-state index is 12.1. The van der Waals surface area contributed by atoms with Crippen LogP contribution in [0.3, 0.4) is 0 Å². The molecule has 23 heavy (non-hydrogen) atoms. The molecule has 1 aromatic heterocycles. The van der Waals surface area contributed by atoms with E-state index < -0.39 is 0 Å². The zero-order chi connectivity index (χ0) is 16.7. The van der Waals surface area contributed by atoms with Crippen LogP contribution in [-0.2, 0) is 13.0 Å². The van der Waals surface area contributed by atoms with Gasteiger partial charge in [-0.05, 0) is 31.2 Å². The fourth-order valence-electron chi connectivity index (χ4n) is 2.02. The Morgan fingerprint density at radius 1 is 1.39 bits per heavy atom. The predicted octanol–water partition coefficient (Wildman–Crippen LogP) is 1.98. The first-order chi connectivity index (χ1) is 11.2. The van der Waals surface area contributed by atoms with Crippen LogP contribution in [0, 0.1) is 0 Å². The Bertz CT molecular complexity index is 658. The van der Waals surface area contributed by atoms with Gasteiger partial charge in [-0.25, -0.2) is 4.98 Å². The van der Waals surface area contributed by atoms with Crippen LogP contribution in [-0.4, -0.2) is 31.2 Å². The average molecular weight is 335 g/mol. The third-order valence-electron chi connectivity index (χ3n) is 3.12. The molecular formula is C16H21N3O3S. The van der Waals surface area contributed by atoms with Crippen molar-refractivity contribution in [1.82, 2.24) is 10.3 Å². The van der Waals surface area contributed by atoms with E-state index in [0.29, 0.717) is 43.3 Å². The van der Waals surface area contributed by atoms with Gasteiger partial charge in [-0.2, -0.15) is 0 Å². The van der Waals surface area contributed by atoms with E-state index in [0.717, 1.165) is 10.6 Å². The van der Waals surface area contributed by atoms with E-state index in [-0.39, 0.29) is 5.91 Å². The van der Waals surface area contributed by atoms with Crippen LogP contribution in [0.2, 0.25) is 0 Å². The highest BCUT2D eigenvalue weighted by molar-refractivity contribution is 7.09. The number of carbonyl (C=O) groups excluding carboxylic acids is 1. The maximum absolute atomic E-state index is 12.1. The number of aromatic nitrogens is 1. The van der Waals surface area contributed by atoms with Crippen LogP contribution in [0.15, 0.2) is 23.6 Å². The van der Waals surface area contributed by atoms with Crippen LogP contribution in [0.25, 0.3) is 0 Å². The summed E-state index contributed by atoms with van der Waals surface area (Å²) in [6, 6.07) is 5.59. The van der Waals surface area contributed by atoms with E-state index in [1.807, 2.05) is 25.1 Å². The number of rotatable bonds is 8. The molecule has 0 saturated heterocycles. The van der Waals surface area contributed by atoms with Gasteiger partial charge in [-0.15, -0.1) is 11.3 Å². The van der Waals surface area contributed by atoms with Gasteiger partial charge in [0.15, 0.2) is 11.5 Å². The van der Waals surface area contributed by atoms with Gasteiger partial charge in [0.2, 0.25) is 0 Å². The van der Waals surface area contributed by atoms with Crippen molar-refractivity contribution in [2.45, 2.75) is 19.9 Å². The van der Waals surface area contributed by atoms with E-state index in [2.05, 4.69) is 10.3 Å². The molecule has 0 unspecified atom stereocenters. The monoisotopic (exact) mass is 335 g/mol. The minimum absolute atomic E-state index is 0.197. The normalized spacial score (nSPS) is 10.4. The van der Waals surface area contributed by atoms with E-state index in [4.69, 9.17) is 15.2 Å². The summed E-state index contributed by atoms with van der Waals surface area (Å²) in [5.74, 6) is 1.14. The third kappa shape index (κ3) is 4.67. The van der Waals surface area contributed by atoms with Crippen molar-refractivity contribution in [3.8, 4) is 11.5 Å². The summed E-state index contributed by atoms with van der Waals surface area (Å²) < 4.78 is 10.8. The molecule has 3 N–H and O–H groups in total. The first-order valence-corrected chi connectivity index (χ1v) is 8.28. The summed E-state index contributed by atoms with van der Waals surface area (Å²) in [5.41, 5.74) is 6.84. The quantitative estimate of drug-likeness (QED) is 0.770. The van der Waals surface area contributed by atoms with E-state index in [9.17, 15) is 4.79 Å². The van der Waals surface area contributed by atoms with E-state index >= 15 is 0 Å². The highest BCUT2D eigenvalue weighted by Crippen LogP contribution is 2.28. The molecule has 0 aliphatic rings. The number of nitrogens with one attached hydrogen (secondary N) is 1. The van der Waals surface area contributed by atoms with E-state index in [1.54, 1.807) is 12.5 Å². The minimum atomic E-state index is -0.197. The molecule has 2 aromatic rings. The lowest BCUT2D eigenvalue weighted by Gasteiger charge is -2.11. The Morgan fingerprint density at radius 2 is 2.22 bits per heavy atom. The fourth-order valence-corrected chi connectivity index (χ4v) is 2.82. The van der Waals surface area contributed by atoms with Crippen molar-refractivity contribution in [1.29, 1.82) is 0 Å². The summed E-state index contributed by atoms with van der Waals surface area (Å²) in [6.07, 6.45) is 0.689. The van der Waals surface area contributed by atoms with Crippen LogP contribution >= 0.6 is 11.3 Å². The molecule has 1 heterocycles. The largest absolute Gasteiger partial charge is 0.493 e. The summed E-state index contributed by atoms with van der Waals surface area (Å²) in [7, 11) is 1.59. The number of amides is 1. The first kappa shape index (κ1) is 17.2. The molecule has 0 bridgehead atoms. The maximum Gasteiger partial charge on any atom is 0.271 e. The molecule has 0 spiro atoms. The van der Waals surface area contributed by atoms with Crippen LogP contribution in [0.5, 0.6) is 11.5 Å². The molecule has 7 heteroatoms. The lowest BCUT2D eigenvalue weighted by atomic mass is 10.2. The Hall–Kier alpha value is -2.12. The number of nitrogens with two attached hydrogens (primary N) is 1. The molecule has 0 aliphatic carbocycles. The molecule has 1 aromatic carbocycles. The highest BCUT2D eigenvalue weighted by Gasteiger charge is 2.11. The standard InChI is InChI=1S/C16H21N3O3S/c1-3-22-13-5-4-11(8-14(13)21-2)9-18-16(20)12-10-23-15(19-12)6-7-17/h4-5,8,10H,3,6-7,9,17H2,1-2H3,(H,18,20). The van der Waals surface area contributed by atoms with Crippen LogP contribution < -0.4 is 20.5 Å². The van der Waals surface area contributed by atoms with Gasteiger partial charge in [0.25, 0.3) is 5.91 Å². The summed E-state index contributed by atoms with van der Waals surface area (Å²) >= 11 is 1.45. The number of methoxy groups -OCH3 is 1. The molecule has 0 aliphatic heterocycles. The Kier molecular flexibility index (Phi) is 6.37. The van der Waals surface area contributed by atoms with Gasteiger partial charge in [0.1, 0.15) is 5.69 Å². The summed E-state index contributed by atoms with van der Waals surface area (Å²) in [5, 5.41) is 5.48. The second-order valence-electron chi connectivity index (χ2n) is 4.77. The smallest absolute Gasteiger partial charge is 0.271 e. The molecule has 1 amide bonds. The number of hydrogen-bond acceptors (Lipinski definition) is 6. The average Bonchev–Trinajstić information content (AvgIpc) is 3.03. The number of nitrogens with zero attached hydrogens (tertiary/aromatic N) is 1. The van der Waals surface area contributed by atoms with Gasteiger partial charge >= 0.3 is 0 Å². The highest BCUT2D eigenvalue weighted by atomic mass is 32.1. The topological polar surface area (TPSA) is 86.5 Å². The Morgan fingerprint density at radius 3 is 2.91 bits per heavy atom. The van der Waals surface area contributed by atoms with Gasteiger partial charge < -0.3 is 20.5 Å². The van der Waals surface area contributed by atoms with Gasteiger partial charge in [0, 0.05) is 18.3 Å². The van der Waals surface area contributed by atoms with Crippen LogP contribution in [0.4, 0.5) is 0 Å².